The maximum absolute atomic E-state index is 12.9. The van der Waals surface area contributed by atoms with E-state index in [2.05, 4.69) is 11.1 Å². The molecule has 4 heterocycles. The molecule has 2 unspecified atom stereocenters. The van der Waals surface area contributed by atoms with E-state index in [0.29, 0.717) is 70.9 Å². The monoisotopic (exact) mass is 1030 g/mol. The van der Waals surface area contributed by atoms with Crippen molar-refractivity contribution in [3.63, 3.8) is 0 Å². The van der Waals surface area contributed by atoms with Crippen LogP contribution in [0.15, 0.2) is 187 Å². The molecule has 2 amide bonds. The molecule has 0 radical (unpaired) electrons. The number of hydrogen-bond acceptors (Lipinski definition) is 10. The van der Waals surface area contributed by atoms with Crippen molar-refractivity contribution in [1.82, 2.24) is 19.8 Å². The van der Waals surface area contributed by atoms with E-state index in [-0.39, 0.29) is 48.2 Å². The lowest BCUT2D eigenvalue weighted by Crippen LogP contribution is -2.39. The van der Waals surface area contributed by atoms with E-state index in [4.69, 9.17) is 35.5 Å². The zero-order valence-corrected chi connectivity index (χ0v) is 42.3. The molecule has 2 saturated heterocycles. The van der Waals surface area contributed by atoms with Gasteiger partial charge in [-0.1, -0.05) is 109 Å². The molecule has 2 atom stereocenters. The maximum Gasteiger partial charge on any atom is 0.410 e. The summed E-state index contributed by atoms with van der Waals surface area (Å²) in [5.41, 5.74) is 5.82. The van der Waals surface area contributed by atoms with E-state index >= 15 is 0 Å². The summed E-state index contributed by atoms with van der Waals surface area (Å²) in [4.78, 5) is 50.0. The summed E-state index contributed by atoms with van der Waals surface area (Å²) in [7, 11) is 0. The fraction of sp³-hybridized carbons (Fsp3) is 0.194. The van der Waals surface area contributed by atoms with Gasteiger partial charge in [-0.3, -0.25) is 9.78 Å². The fourth-order valence-electron chi connectivity index (χ4n) is 9.21. The summed E-state index contributed by atoms with van der Waals surface area (Å²) in [5.74, 6) is 2.69. The molecular weight excluding hydrogens is 976 g/mol. The number of nitriles is 2. The molecule has 0 bridgehead atoms. The zero-order chi connectivity index (χ0) is 52.6. The van der Waals surface area contributed by atoms with Crippen molar-refractivity contribution in [3.05, 3.63) is 231 Å². The number of hydrogen-bond donors (Lipinski definition) is 1. The Kier molecular flexibility index (Phi) is 17.1. The molecule has 2 aromatic heterocycles. The van der Waals surface area contributed by atoms with E-state index in [1.165, 1.54) is 6.07 Å². The van der Waals surface area contributed by atoms with E-state index in [1.807, 2.05) is 164 Å². The highest BCUT2D eigenvalue weighted by molar-refractivity contribution is 6.32. The average Bonchev–Trinajstić information content (AvgIpc) is 3.47. The number of rotatable bonds is 12. The van der Waals surface area contributed by atoms with Gasteiger partial charge in [0, 0.05) is 61.0 Å². The van der Waals surface area contributed by atoms with Gasteiger partial charge in [0.25, 0.3) is 0 Å². The summed E-state index contributed by atoms with van der Waals surface area (Å²) >= 11 is 6.57. The summed E-state index contributed by atoms with van der Waals surface area (Å²) in [6.45, 7) is 2.58. The summed E-state index contributed by atoms with van der Waals surface area (Å²) < 4.78 is 22.8. The van der Waals surface area contributed by atoms with Gasteiger partial charge in [-0.05, 0) is 121 Å². The number of carbonyl (C=O) groups excluding carboxylic acids is 2. The molecule has 2 aliphatic rings. The lowest BCUT2D eigenvalue weighted by Gasteiger charge is -2.32. The zero-order valence-electron chi connectivity index (χ0n) is 41.5. The van der Waals surface area contributed by atoms with Crippen molar-refractivity contribution < 1.29 is 28.5 Å². The van der Waals surface area contributed by atoms with Crippen LogP contribution in [0.3, 0.4) is 0 Å². The standard InChI is InChI=1S/C31H26ClN3O3.C31H27N3O4/c32-28-18-29(24-10-7-17-35(20-24)31(36)37-21-22-8-3-1-4-9-22)34-30(27(28)19-33)23-13-15-26(16-14-23)38-25-11-5-2-6-12-25;32-19-27-29(35)18-28(24-10-7-17-34(20-24)31(36)37-21-22-8-3-1-4-9-22)33-30(27)23-13-15-26(16-14-23)38-25-11-5-2-6-12-25/h1-6,8-9,11-16,18,24H,7,10,17,20-21H2;1-6,8-9,11-16,18,24H,7,10,17,20-21H2,(H,33,35). The normalized spacial score (nSPS) is 14.9. The highest BCUT2D eigenvalue weighted by Gasteiger charge is 2.30. The first kappa shape index (κ1) is 51.7. The third kappa shape index (κ3) is 13.3. The molecule has 8 aromatic rings. The smallest absolute Gasteiger partial charge is 0.410 e. The second-order valence-electron chi connectivity index (χ2n) is 18.3. The number of nitrogens with one attached hydrogen (secondary N) is 1. The van der Waals surface area contributed by atoms with Crippen LogP contribution in [0.2, 0.25) is 5.02 Å². The molecule has 0 saturated carbocycles. The molecule has 380 valence electrons. The number of carbonyl (C=O) groups is 2. The number of pyridine rings is 2. The lowest BCUT2D eigenvalue weighted by molar-refractivity contribution is 0.0850. The Balaban J connectivity index is 0.000000186. The van der Waals surface area contributed by atoms with Crippen LogP contribution in [-0.2, 0) is 22.7 Å². The molecule has 2 aliphatic heterocycles. The predicted octanol–water partition coefficient (Wildman–Crippen LogP) is 13.8. The number of aromatic nitrogens is 2. The highest BCUT2D eigenvalue weighted by atomic mass is 35.5. The van der Waals surface area contributed by atoms with Gasteiger partial charge in [0.1, 0.15) is 53.9 Å². The van der Waals surface area contributed by atoms with Gasteiger partial charge >= 0.3 is 12.2 Å². The third-order valence-corrected chi connectivity index (χ3v) is 13.4. The molecule has 1 N–H and O–H groups in total. The Morgan fingerprint density at radius 3 is 1.53 bits per heavy atom. The molecular formula is C62H53ClN6O7. The van der Waals surface area contributed by atoms with Crippen LogP contribution in [0, 0.1) is 22.7 Å². The van der Waals surface area contributed by atoms with E-state index in [9.17, 15) is 24.9 Å². The number of para-hydroxylation sites is 2. The number of piperidine rings is 2. The minimum Gasteiger partial charge on any atom is -0.457 e. The Hall–Kier alpha value is -9.17. The number of benzene rings is 6. The van der Waals surface area contributed by atoms with Crippen molar-refractivity contribution in [3.8, 4) is 57.7 Å². The summed E-state index contributed by atoms with van der Waals surface area (Å²) in [6, 6.07) is 60.3. The number of nitrogens with zero attached hydrogens (tertiary/aromatic N) is 5. The molecule has 76 heavy (non-hydrogen) atoms. The maximum atomic E-state index is 12.9. The SMILES string of the molecule is N#Cc1c(-c2ccc(Oc3ccccc3)cc2)[nH]c(C2CCCN(C(=O)OCc3ccccc3)C2)cc1=O.N#Cc1c(Cl)cc(C2CCCN(C(=O)OCc3ccccc3)C2)nc1-c1ccc(Oc2ccccc2)cc1. The number of ether oxygens (including phenoxy) is 4. The number of halogens is 1. The molecule has 14 heteroatoms. The highest BCUT2D eigenvalue weighted by Crippen LogP contribution is 2.35. The van der Waals surface area contributed by atoms with Crippen LogP contribution in [0.1, 0.15) is 71.2 Å². The first-order valence-corrected chi connectivity index (χ1v) is 25.4. The molecule has 0 spiro atoms. The fourth-order valence-corrected chi connectivity index (χ4v) is 9.45. The quantitative estimate of drug-likeness (QED) is 0.124. The Morgan fingerprint density at radius 1 is 0.579 bits per heavy atom. The van der Waals surface area contributed by atoms with Gasteiger partial charge in [-0.15, -0.1) is 0 Å². The first-order valence-electron chi connectivity index (χ1n) is 25.1. The van der Waals surface area contributed by atoms with E-state index in [0.717, 1.165) is 59.6 Å². The van der Waals surface area contributed by atoms with Crippen molar-refractivity contribution in [2.24, 2.45) is 0 Å². The van der Waals surface area contributed by atoms with Crippen molar-refractivity contribution >= 4 is 23.8 Å². The van der Waals surface area contributed by atoms with Gasteiger partial charge in [-0.25, -0.2) is 9.59 Å². The number of H-pyrrole nitrogens is 1. The predicted molar refractivity (Wildman–Crippen MR) is 290 cm³/mol. The Bertz CT molecular complexity index is 3390. The summed E-state index contributed by atoms with van der Waals surface area (Å²) in [6.07, 6.45) is 2.57. The van der Waals surface area contributed by atoms with Crippen molar-refractivity contribution in [2.75, 3.05) is 26.2 Å². The van der Waals surface area contributed by atoms with Crippen molar-refractivity contribution in [1.29, 1.82) is 10.5 Å². The van der Waals surface area contributed by atoms with Crippen LogP contribution >= 0.6 is 11.6 Å². The minimum atomic E-state index is -0.372. The molecule has 2 fully saturated rings. The van der Waals surface area contributed by atoms with Gasteiger partial charge in [0.15, 0.2) is 5.43 Å². The number of likely N-dealkylation sites (tertiary alicyclic amines) is 2. The van der Waals surface area contributed by atoms with E-state index in [1.54, 1.807) is 28.0 Å². The van der Waals surface area contributed by atoms with Gasteiger partial charge in [-0.2, -0.15) is 10.5 Å². The molecule has 0 aliphatic carbocycles. The molecule has 13 nitrogen and oxygen atoms in total. The number of amides is 2. The second-order valence-corrected chi connectivity index (χ2v) is 18.8. The minimum absolute atomic E-state index is 0.0160. The Labute approximate surface area is 446 Å². The van der Waals surface area contributed by atoms with Gasteiger partial charge in [0.05, 0.1) is 22.0 Å². The van der Waals surface area contributed by atoms with Crippen LogP contribution in [0.25, 0.3) is 22.5 Å². The summed E-state index contributed by atoms with van der Waals surface area (Å²) in [5, 5.41) is 19.9. The lowest BCUT2D eigenvalue weighted by atomic mass is 9.93. The van der Waals surface area contributed by atoms with Crippen LogP contribution in [-0.4, -0.2) is 58.1 Å². The van der Waals surface area contributed by atoms with Crippen LogP contribution < -0.4 is 14.9 Å². The van der Waals surface area contributed by atoms with Gasteiger partial charge < -0.3 is 33.7 Å². The molecule has 10 rings (SSSR count). The third-order valence-electron chi connectivity index (χ3n) is 13.1. The average molecular weight is 1030 g/mol. The second kappa shape index (κ2) is 25.2. The van der Waals surface area contributed by atoms with Crippen LogP contribution in [0.4, 0.5) is 9.59 Å². The Morgan fingerprint density at radius 2 is 1.03 bits per heavy atom. The molecule has 6 aromatic carbocycles. The first-order chi connectivity index (χ1) is 37.2. The van der Waals surface area contributed by atoms with Crippen molar-refractivity contribution in [2.45, 2.75) is 50.7 Å². The largest absolute Gasteiger partial charge is 0.457 e. The number of aromatic amines is 1. The van der Waals surface area contributed by atoms with Crippen LogP contribution in [0.5, 0.6) is 23.0 Å². The van der Waals surface area contributed by atoms with Gasteiger partial charge in [0.2, 0.25) is 0 Å². The topological polar surface area (TPSA) is 171 Å². The van der Waals surface area contributed by atoms with E-state index < -0.39 is 0 Å².